The minimum absolute atomic E-state index is 0.0280. The summed E-state index contributed by atoms with van der Waals surface area (Å²) in [4.78, 5) is 48.2. The van der Waals surface area contributed by atoms with Gasteiger partial charge >= 0.3 is 11.9 Å². The van der Waals surface area contributed by atoms with E-state index in [4.69, 9.17) is 18.6 Å². The van der Waals surface area contributed by atoms with Crippen LogP contribution in [0.3, 0.4) is 0 Å². The van der Waals surface area contributed by atoms with Gasteiger partial charge in [0.25, 0.3) is 5.91 Å². The lowest BCUT2D eigenvalue weighted by Gasteiger charge is -2.07. The molecule has 0 radical (unpaired) electrons. The summed E-state index contributed by atoms with van der Waals surface area (Å²) in [5.74, 6) is -1.96. The fourth-order valence-electron chi connectivity index (χ4n) is 2.72. The number of amides is 1. The number of hydrogen-bond acceptors (Lipinski definition) is 8. The van der Waals surface area contributed by atoms with Crippen molar-refractivity contribution in [2.24, 2.45) is 0 Å². The van der Waals surface area contributed by atoms with Crippen LogP contribution in [0.25, 0.3) is 0 Å². The van der Waals surface area contributed by atoms with Crippen molar-refractivity contribution in [1.29, 1.82) is 0 Å². The molecule has 0 aliphatic rings. The van der Waals surface area contributed by atoms with Crippen molar-refractivity contribution < 1.29 is 37.8 Å². The van der Waals surface area contributed by atoms with Crippen molar-refractivity contribution in [2.75, 3.05) is 25.6 Å². The van der Waals surface area contributed by atoms with Gasteiger partial charge in [0.2, 0.25) is 5.88 Å². The molecule has 1 aromatic carbocycles. The number of ether oxygens (including phenoxy) is 3. The number of rotatable bonds is 9. The van der Waals surface area contributed by atoms with Crippen LogP contribution < -0.4 is 10.1 Å². The van der Waals surface area contributed by atoms with E-state index in [0.717, 1.165) is 0 Å². The van der Waals surface area contributed by atoms with Gasteiger partial charge in [-0.15, -0.1) is 0 Å². The molecule has 0 fully saturated rings. The predicted molar refractivity (Wildman–Crippen MR) is 106 cm³/mol. The maximum Gasteiger partial charge on any atom is 0.344 e. The number of esters is 2. The van der Waals surface area contributed by atoms with Gasteiger partial charge in [-0.25, -0.2) is 4.79 Å². The van der Waals surface area contributed by atoms with Gasteiger partial charge in [-0.1, -0.05) is 12.1 Å². The maximum absolute atomic E-state index is 12.2. The second-order valence-corrected chi connectivity index (χ2v) is 6.25. The summed E-state index contributed by atoms with van der Waals surface area (Å²) in [6.07, 6.45) is -0.0281. The summed E-state index contributed by atoms with van der Waals surface area (Å²) in [7, 11) is 1.54. The molecule has 0 bridgehead atoms. The molecule has 1 aromatic heterocycles. The number of anilines is 1. The van der Waals surface area contributed by atoms with Crippen molar-refractivity contribution in [3.63, 3.8) is 0 Å². The van der Waals surface area contributed by atoms with Gasteiger partial charge in [0.15, 0.2) is 12.4 Å². The fourth-order valence-corrected chi connectivity index (χ4v) is 2.72. The number of hydrogen-bond donors (Lipinski definition) is 1. The number of nitrogens with one attached hydrogen (secondary N) is 1. The standard InChI is InChI=1S/C21H23NO8/c1-5-28-21(26)19-18(12(2)23)13(3)30-20(19)22-16(24)11-29-17(25)10-14-6-8-15(27-4)9-7-14/h6-9H,5,10-11H2,1-4H3,(H,22,24). The molecule has 1 N–H and O–H groups in total. The van der Waals surface area contributed by atoms with E-state index in [0.29, 0.717) is 11.3 Å². The summed E-state index contributed by atoms with van der Waals surface area (Å²) in [6.45, 7) is 3.86. The first-order valence-corrected chi connectivity index (χ1v) is 9.16. The first kappa shape index (κ1) is 22.7. The molecule has 160 valence electrons. The van der Waals surface area contributed by atoms with Gasteiger partial charge in [-0.3, -0.25) is 19.7 Å². The number of carbonyl (C=O) groups excluding carboxylic acids is 4. The van der Waals surface area contributed by atoms with Gasteiger partial charge in [0, 0.05) is 0 Å². The molecule has 9 nitrogen and oxygen atoms in total. The number of aryl methyl sites for hydroxylation is 1. The average molecular weight is 417 g/mol. The Hall–Kier alpha value is -3.62. The fraction of sp³-hybridized carbons (Fsp3) is 0.333. The van der Waals surface area contributed by atoms with Crippen LogP contribution >= 0.6 is 0 Å². The van der Waals surface area contributed by atoms with E-state index in [9.17, 15) is 19.2 Å². The van der Waals surface area contributed by atoms with Crippen LogP contribution in [0.4, 0.5) is 5.88 Å². The van der Waals surface area contributed by atoms with E-state index in [2.05, 4.69) is 5.32 Å². The van der Waals surface area contributed by atoms with Crippen molar-refractivity contribution >= 4 is 29.5 Å². The first-order chi connectivity index (χ1) is 14.3. The van der Waals surface area contributed by atoms with Gasteiger partial charge in [0.1, 0.15) is 17.1 Å². The summed E-state index contributed by atoms with van der Waals surface area (Å²) in [5, 5.41) is 2.35. The van der Waals surface area contributed by atoms with Crippen molar-refractivity contribution in [3.05, 3.63) is 46.7 Å². The van der Waals surface area contributed by atoms with Crippen LogP contribution in [-0.4, -0.2) is 44.0 Å². The highest BCUT2D eigenvalue weighted by Gasteiger charge is 2.28. The molecule has 0 atom stereocenters. The molecule has 2 rings (SSSR count). The molecule has 0 saturated heterocycles. The molecule has 30 heavy (non-hydrogen) atoms. The summed E-state index contributed by atoms with van der Waals surface area (Å²) in [6, 6.07) is 6.83. The summed E-state index contributed by atoms with van der Waals surface area (Å²) in [5.41, 5.74) is 0.554. The smallest absolute Gasteiger partial charge is 0.344 e. The maximum atomic E-state index is 12.2. The number of Topliss-reactive ketones (excluding diaryl/α,β-unsaturated/α-hetero) is 1. The Morgan fingerprint density at radius 1 is 1.03 bits per heavy atom. The monoisotopic (exact) mass is 417 g/mol. The zero-order valence-electron chi connectivity index (χ0n) is 17.2. The third-order valence-electron chi connectivity index (χ3n) is 4.04. The number of ketones is 1. The quantitative estimate of drug-likeness (QED) is 0.488. The normalized spacial score (nSPS) is 10.3. The largest absolute Gasteiger partial charge is 0.497 e. The zero-order valence-corrected chi connectivity index (χ0v) is 17.2. The van der Waals surface area contributed by atoms with Crippen molar-refractivity contribution in [3.8, 4) is 5.75 Å². The molecular weight excluding hydrogens is 394 g/mol. The highest BCUT2D eigenvalue weighted by Crippen LogP contribution is 2.28. The summed E-state index contributed by atoms with van der Waals surface area (Å²) < 4.78 is 20.3. The number of furan rings is 1. The van der Waals surface area contributed by atoms with E-state index in [1.165, 1.54) is 21.0 Å². The molecular formula is C21H23NO8. The SMILES string of the molecule is CCOC(=O)c1c(NC(=O)COC(=O)Cc2ccc(OC)cc2)oc(C)c1C(C)=O. The predicted octanol–water partition coefficient (Wildman–Crippen LogP) is 2.70. The highest BCUT2D eigenvalue weighted by molar-refractivity contribution is 6.10. The van der Waals surface area contributed by atoms with Gasteiger partial charge in [-0.2, -0.15) is 0 Å². The molecule has 0 aliphatic heterocycles. The number of benzene rings is 1. The number of methoxy groups -OCH3 is 1. The Balaban J connectivity index is 2.01. The second-order valence-electron chi connectivity index (χ2n) is 6.25. The summed E-state index contributed by atoms with van der Waals surface area (Å²) >= 11 is 0. The Labute approximate surface area is 173 Å². The lowest BCUT2D eigenvalue weighted by Crippen LogP contribution is -2.23. The Bertz CT molecular complexity index is 943. The van der Waals surface area contributed by atoms with E-state index in [1.54, 1.807) is 31.2 Å². The molecule has 1 amide bonds. The Kier molecular flexibility index (Phi) is 7.74. The van der Waals surface area contributed by atoms with E-state index >= 15 is 0 Å². The van der Waals surface area contributed by atoms with Crippen LogP contribution in [-0.2, 0) is 25.5 Å². The lowest BCUT2D eigenvalue weighted by molar-refractivity contribution is -0.146. The Morgan fingerprint density at radius 3 is 2.27 bits per heavy atom. The first-order valence-electron chi connectivity index (χ1n) is 9.16. The molecule has 2 aromatic rings. The average Bonchev–Trinajstić information content (AvgIpc) is 3.03. The molecule has 0 spiro atoms. The topological polar surface area (TPSA) is 121 Å². The molecule has 9 heteroatoms. The zero-order chi connectivity index (χ0) is 22.3. The van der Waals surface area contributed by atoms with Crippen LogP contribution in [0.2, 0.25) is 0 Å². The minimum atomic E-state index is -0.800. The van der Waals surface area contributed by atoms with Crippen LogP contribution in [0, 0.1) is 6.92 Å². The van der Waals surface area contributed by atoms with Crippen molar-refractivity contribution in [1.82, 2.24) is 0 Å². The third-order valence-corrected chi connectivity index (χ3v) is 4.04. The minimum Gasteiger partial charge on any atom is -0.497 e. The molecule has 1 heterocycles. The molecule has 0 aliphatic carbocycles. The van der Waals surface area contributed by atoms with E-state index in [-0.39, 0.29) is 35.8 Å². The van der Waals surface area contributed by atoms with Gasteiger partial charge < -0.3 is 18.6 Å². The van der Waals surface area contributed by atoms with Crippen LogP contribution in [0.15, 0.2) is 28.7 Å². The van der Waals surface area contributed by atoms with E-state index in [1.807, 2.05) is 0 Å². The lowest BCUT2D eigenvalue weighted by atomic mass is 10.1. The van der Waals surface area contributed by atoms with Crippen molar-refractivity contribution in [2.45, 2.75) is 27.2 Å². The molecule has 0 unspecified atom stereocenters. The molecule has 0 saturated carbocycles. The van der Waals surface area contributed by atoms with Crippen LogP contribution in [0.1, 0.15) is 45.9 Å². The Morgan fingerprint density at radius 2 is 1.70 bits per heavy atom. The highest BCUT2D eigenvalue weighted by atomic mass is 16.5. The van der Waals surface area contributed by atoms with Gasteiger partial charge in [-0.05, 0) is 38.5 Å². The van der Waals surface area contributed by atoms with Gasteiger partial charge in [0.05, 0.1) is 25.7 Å². The number of carbonyl (C=O) groups is 4. The third kappa shape index (κ3) is 5.69. The van der Waals surface area contributed by atoms with E-state index < -0.39 is 30.2 Å². The second kappa shape index (κ2) is 10.2. The van der Waals surface area contributed by atoms with Crippen LogP contribution in [0.5, 0.6) is 5.75 Å².